The molecule has 4 aromatic rings. The first-order valence-electron chi connectivity index (χ1n) is 12.3. The van der Waals surface area contributed by atoms with Gasteiger partial charge in [-0.15, -0.1) is 0 Å². The number of carbonyl (C=O) groups excluding carboxylic acids is 1. The summed E-state index contributed by atoms with van der Waals surface area (Å²) >= 11 is 0. The molecule has 8 heteroatoms. The third-order valence-electron chi connectivity index (χ3n) is 6.40. The molecule has 1 saturated heterocycles. The summed E-state index contributed by atoms with van der Waals surface area (Å²) in [5, 5.41) is 0. The second kappa shape index (κ2) is 10.4. The smallest absolute Gasteiger partial charge is 0.219 e. The first-order chi connectivity index (χ1) is 17.5. The van der Waals surface area contributed by atoms with E-state index < -0.39 is 0 Å². The Hall–Kier alpha value is -3.91. The Morgan fingerprint density at radius 3 is 2.67 bits per heavy atom. The molecular formula is C28H31N5O3. The average Bonchev–Trinajstić information content (AvgIpc) is 3.52. The van der Waals surface area contributed by atoms with Crippen molar-refractivity contribution in [3.05, 3.63) is 66.4 Å². The Labute approximate surface area is 210 Å². The molecule has 36 heavy (non-hydrogen) atoms. The quantitative estimate of drug-likeness (QED) is 0.376. The molecule has 2 aromatic heterocycles. The third-order valence-corrected chi connectivity index (χ3v) is 6.40. The maximum absolute atomic E-state index is 12.4. The molecule has 1 aliphatic heterocycles. The van der Waals surface area contributed by atoms with Crippen LogP contribution in [0.25, 0.3) is 22.6 Å². The van der Waals surface area contributed by atoms with Crippen LogP contribution in [0.1, 0.15) is 31.4 Å². The predicted molar refractivity (Wildman–Crippen MR) is 139 cm³/mol. The second-order valence-corrected chi connectivity index (χ2v) is 9.30. The number of rotatable bonds is 8. The fourth-order valence-corrected chi connectivity index (χ4v) is 4.57. The van der Waals surface area contributed by atoms with Gasteiger partial charge in [0, 0.05) is 37.8 Å². The predicted octanol–water partition coefficient (Wildman–Crippen LogP) is 5.04. The highest BCUT2D eigenvalue weighted by atomic mass is 16.5. The van der Waals surface area contributed by atoms with Crippen LogP contribution in [0.2, 0.25) is 0 Å². The van der Waals surface area contributed by atoms with Gasteiger partial charge < -0.3 is 24.3 Å². The number of hydrogen-bond donors (Lipinski definition) is 1. The first-order valence-corrected chi connectivity index (χ1v) is 12.3. The van der Waals surface area contributed by atoms with Crippen LogP contribution in [0.4, 0.5) is 0 Å². The average molecular weight is 486 g/mol. The molecule has 0 spiro atoms. The number of fused-ring (bicyclic) bond motifs is 1. The number of amides is 1. The summed E-state index contributed by atoms with van der Waals surface area (Å²) in [5.74, 6) is 2.96. The minimum Gasteiger partial charge on any atom is -0.492 e. The van der Waals surface area contributed by atoms with Gasteiger partial charge in [-0.25, -0.2) is 4.98 Å². The molecule has 1 atom stereocenters. The van der Waals surface area contributed by atoms with Crippen molar-refractivity contribution in [3.63, 3.8) is 0 Å². The molecule has 1 N–H and O–H groups in total. The Morgan fingerprint density at radius 1 is 1.14 bits per heavy atom. The van der Waals surface area contributed by atoms with Crippen LogP contribution in [0.3, 0.4) is 0 Å². The minimum atomic E-state index is -0.0443. The summed E-state index contributed by atoms with van der Waals surface area (Å²) in [5.41, 5.74) is 3.41. The van der Waals surface area contributed by atoms with Crippen LogP contribution in [0, 0.1) is 0 Å². The van der Waals surface area contributed by atoms with Crippen molar-refractivity contribution in [3.8, 4) is 28.8 Å². The number of ether oxygens (including phenoxy) is 2. The van der Waals surface area contributed by atoms with E-state index in [1.807, 2.05) is 67.5 Å². The largest absolute Gasteiger partial charge is 0.492 e. The van der Waals surface area contributed by atoms with Crippen molar-refractivity contribution in [1.82, 2.24) is 24.8 Å². The molecule has 0 bridgehead atoms. The molecule has 1 aliphatic rings. The van der Waals surface area contributed by atoms with Crippen molar-refractivity contribution in [2.75, 3.05) is 33.8 Å². The molecular weight excluding hydrogens is 454 g/mol. The van der Waals surface area contributed by atoms with Crippen molar-refractivity contribution in [2.24, 2.45) is 0 Å². The van der Waals surface area contributed by atoms with Crippen LogP contribution < -0.4 is 9.47 Å². The number of H-pyrrole nitrogens is 1. The summed E-state index contributed by atoms with van der Waals surface area (Å²) in [6, 6.07) is 17.3. The molecule has 1 amide bonds. The second-order valence-electron chi connectivity index (χ2n) is 9.30. The Kier molecular flexibility index (Phi) is 6.86. The van der Waals surface area contributed by atoms with Gasteiger partial charge in [0.25, 0.3) is 0 Å². The van der Waals surface area contributed by atoms with E-state index in [1.54, 1.807) is 13.1 Å². The summed E-state index contributed by atoms with van der Waals surface area (Å²) in [6.07, 6.45) is 3.60. The Bertz CT molecular complexity index is 1330. The van der Waals surface area contributed by atoms with Gasteiger partial charge in [-0.05, 0) is 69.4 Å². The highest BCUT2D eigenvalue weighted by molar-refractivity contribution is 5.82. The first kappa shape index (κ1) is 23.8. The van der Waals surface area contributed by atoms with E-state index in [-0.39, 0.29) is 11.9 Å². The Balaban J connectivity index is 1.48. The number of aromatic nitrogens is 3. The lowest BCUT2D eigenvalue weighted by molar-refractivity contribution is -0.129. The number of likely N-dealkylation sites (tertiary alicyclic amines) is 1. The zero-order valence-electron chi connectivity index (χ0n) is 20.9. The zero-order valence-corrected chi connectivity index (χ0v) is 20.9. The maximum atomic E-state index is 12.4. The molecule has 2 aromatic carbocycles. The van der Waals surface area contributed by atoms with Gasteiger partial charge in [0.05, 0.1) is 17.1 Å². The number of imidazole rings is 1. The van der Waals surface area contributed by atoms with Crippen molar-refractivity contribution >= 4 is 16.9 Å². The number of hydrogen-bond acceptors (Lipinski definition) is 6. The highest BCUT2D eigenvalue weighted by Crippen LogP contribution is 2.41. The fourth-order valence-electron chi connectivity index (χ4n) is 4.57. The van der Waals surface area contributed by atoms with E-state index in [0.29, 0.717) is 23.9 Å². The van der Waals surface area contributed by atoms with E-state index in [2.05, 4.69) is 20.9 Å². The number of likely N-dealkylation sites (N-methyl/N-ethyl adjacent to an activating group) is 1. The van der Waals surface area contributed by atoms with Gasteiger partial charge in [0.2, 0.25) is 5.91 Å². The molecule has 1 unspecified atom stereocenters. The SMILES string of the molecule is CC(=O)N1CCCC1c1cc2[nH]c(-c3ccccn3)nc2cc1Oc1ccc(OCCN(C)C)cc1. The maximum Gasteiger partial charge on any atom is 0.219 e. The van der Waals surface area contributed by atoms with Crippen LogP contribution in [-0.2, 0) is 4.79 Å². The summed E-state index contributed by atoms with van der Waals surface area (Å²) in [7, 11) is 4.04. The fraction of sp³-hybridized carbons (Fsp3) is 0.321. The molecule has 0 aliphatic carbocycles. The summed E-state index contributed by atoms with van der Waals surface area (Å²) in [4.78, 5) is 28.9. The number of carbonyl (C=O) groups is 1. The van der Waals surface area contributed by atoms with Crippen molar-refractivity contribution < 1.29 is 14.3 Å². The molecule has 8 nitrogen and oxygen atoms in total. The molecule has 0 saturated carbocycles. The van der Waals surface area contributed by atoms with Crippen LogP contribution in [0.5, 0.6) is 17.2 Å². The molecule has 5 rings (SSSR count). The topological polar surface area (TPSA) is 83.6 Å². The number of pyridine rings is 1. The molecule has 3 heterocycles. The van der Waals surface area contributed by atoms with E-state index in [1.165, 1.54) is 0 Å². The van der Waals surface area contributed by atoms with Gasteiger partial charge in [0.15, 0.2) is 5.82 Å². The molecule has 1 fully saturated rings. The molecule has 0 radical (unpaired) electrons. The van der Waals surface area contributed by atoms with Gasteiger partial charge >= 0.3 is 0 Å². The third kappa shape index (κ3) is 5.18. The lowest BCUT2D eigenvalue weighted by Crippen LogP contribution is -2.28. The number of aromatic amines is 1. The number of benzene rings is 2. The van der Waals surface area contributed by atoms with Gasteiger partial charge in [0.1, 0.15) is 29.5 Å². The van der Waals surface area contributed by atoms with Gasteiger partial charge in [-0.2, -0.15) is 0 Å². The minimum absolute atomic E-state index is 0.0443. The zero-order chi connectivity index (χ0) is 25.1. The Morgan fingerprint density at radius 2 is 1.94 bits per heavy atom. The van der Waals surface area contributed by atoms with Crippen molar-refractivity contribution in [2.45, 2.75) is 25.8 Å². The van der Waals surface area contributed by atoms with Crippen LogP contribution in [0.15, 0.2) is 60.8 Å². The van der Waals surface area contributed by atoms with Crippen molar-refractivity contribution in [1.29, 1.82) is 0 Å². The summed E-state index contributed by atoms with van der Waals surface area (Å²) < 4.78 is 12.2. The van der Waals surface area contributed by atoms with Gasteiger partial charge in [-0.1, -0.05) is 6.07 Å². The lowest BCUT2D eigenvalue weighted by atomic mass is 10.0. The van der Waals surface area contributed by atoms with Gasteiger partial charge in [-0.3, -0.25) is 9.78 Å². The van der Waals surface area contributed by atoms with Crippen LogP contribution in [-0.4, -0.2) is 64.5 Å². The van der Waals surface area contributed by atoms with E-state index in [4.69, 9.17) is 14.5 Å². The number of nitrogens with one attached hydrogen (secondary N) is 1. The summed E-state index contributed by atoms with van der Waals surface area (Å²) in [6.45, 7) is 3.84. The number of nitrogens with zero attached hydrogens (tertiary/aromatic N) is 4. The highest BCUT2D eigenvalue weighted by Gasteiger charge is 2.31. The lowest BCUT2D eigenvalue weighted by Gasteiger charge is -2.25. The molecule has 186 valence electrons. The van der Waals surface area contributed by atoms with E-state index >= 15 is 0 Å². The van der Waals surface area contributed by atoms with E-state index in [9.17, 15) is 4.79 Å². The standard InChI is InChI=1S/C28H31N5O3/c1-19(34)33-14-6-8-26(33)22-17-24-25(31-28(30-24)23-7-4-5-13-29-23)18-27(22)36-21-11-9-20(10-12-21)35-16-15-32(2)3/h4-5,7,9-13,17-18,26H,6,8,14-16H2,1-3H3,(H,30,31). The monoisotopic (exact) mass is 485 g/mol. The van der Waals surface area contributed by atoms with Crippen LogP contribution >= 0.6 is 0 Å². The normalized spacial score (nSPS) is 15.6. The van der Waals surface area contributed by atoms with E-state index in [0.717, 1.165) is 54.0 Å².